The third kappa shape index (κ3) is 3.50. The van der Waals surface area contributed by atoms with E-state index in [0.717, 1.165) is 20.4 Å². The van der Waals surface area contributed by atoms with Crippen LogP contribution in [0.5, 0.6) is 0 Å². The Morgan fingerprint density at radius 1 is 1.17 bits per heavy atom. The molecule has 1 aromatic carbocycles. The number of hydrogen-bond acceptors (Lipinski definition) is 5. The standard InChI is InChI=1S/C16H21N3O3S2/c1-9-7-13(8-14(10(9)2)24(21,22)19(5)6)15(20)18-16-17-11(3)12(4)23-16/h7-8H,1-6H3,(H,17,18,20). The van der Waals surface area contributed by atoms with E-state index in [1.807, 2.05) is 13.8 Å². The lowest BCUT2D eigenvalue weighted by atomic mass is 10.1. The molecular formula is C16H21N3O3S2. The van der Waals surface area contributed by atoms with E-state index in [4.69, 9.17) is 0 Å². The van der Waals surface area contributed by atoms with Gasteiger partial charge in [0.15, 0.2) is 5.13 Å². The number of nitrogens with one attached hydrogen (secondary N) is 1. The minimum Gasteiger partial charge on any atom is -0.298 e. The first kappa shape index (κ1) is 18.6. The number of hydrogen-bond donors (Lipinski definition) is 1. The van der Waals surface area contributed by atoms with Crippen molar-refractivity contribution in [2.75, 3.05) is 19.4 Å². The van der Waals surface area contributed by atoms with Gasteiger partial charge in [0, 0.05) is 24.5 Å². The molecule has 0 atom stereocenters. The molecule has 2 aromatic rings. The number of carbonyl (C=O) groups excluding carboxylic acids is 1. The van der Waals surface area contributed by atoms with Gasteiger partial charge in [-0.05, 0) is 51.0 Å². The summed E-state index contributed by atoms with van der Waals surface area (Å²) in [5.74, 6) is -0.373. The number of aryl methyl sites for hydroxylation is 3. The van der Waals surface area contributed by atoms with Gasteiger partial charge in [-0.3, -0.25) is 10.1 Å². The Hall–Kier alpha value is -1.77. The molecule has 1 heterocycles. The fourth-order valence-electron chi connectivity index (χ4n) is 2.12. The minimum absolute atomic E-state index is 0.143. The SMILES string of the molecule is Cc1cc(C(=O)Nc2nc(C)c(C)s2)cc(S(=O)(=O)N(C)C)c1C. The largest absolute Gasteiger partial charge is 0.298 e. The van der Waals surface area contributed by atoms with Crippen molar-refractivity contribution in [3.05, 3.63) is 39.4 Å². The number of carbonyl (C=O) groups is 1. The molecule has 2 rings (SSSR count). The molecule has 0 saturated carbocycles. The second-order valence-electron chi connectivity index (χ2n) is 5.82. The molecule has 0 bridgehead atoms. The first-order valence-electron chi connectivity index (χ1n) is 7.33. The highest BCUT2D eigenvalue weighted by atomic mass is 32.2. The average Bonchev–Trinajstić information content (AvgIpc) is 2.79. The summed E-state index contributed by atoms with van der Waals surface area (Å²) in [5, 5.41) is 3.24. The summed E-state index contributed by atoms with van der Waals surface area (Å²) in [6.45, 7) is 7.33. The van der Waals surface area contributed by atoms with Crippen molar-refractivity contribution < 1.29 is 13.2 Å². The lowest BCUT2D eigenvalue weighted by Gasteiger charge is -2.16. The van der Waals surface area contributed by atoms with E-state index in [1.54, 1.807) is 19.9 Å². The Morgan fingerprint density at radius 3 is 2.29 bits per heavy atom. The second kappa shape index (κ2) is 6.62. The van der Waals surface area contributed by atoms with E-state index < -0.39 is 10.0 Å². The predicted molar refractivity (Wildman–Crippen MR) is 96.3 cm³/mol. The fourth-order valence-corrected chi connectivity index (χ4v) is 4.15. The summed E-state index contributed by atoms with van der Waals surface area (Å²) >= 11 is 1.39. The van der Waals surface area contributed by atoms with Crippen molar-refractivity contribution in [1.82, 2.24) is 9.29 Å². The molecule has 0 fully saturated rings. The normalized spacial score (nSPS) is 11.8. The maximum absolute atomic E-state index is 12.5. The second-order valence-corrected chi connectivity index (χ2v) is 9.14. The smallest absolute Gasteiger partial charge is 0.257 e. The van der Waals surface area contributed by atoms with Gasteiger partial charge >= 0.3 is 0 Å². The van der Waals surface area contributed by atoms with E-state index in [2.05, 4.69) is 10.3 Å². The summed E-state index contributed by atoms with van der Waals surface area (Å²) in [4.78, 5) is 17.9. The fraction of sp³-hybridized carbons (Fsp3) is 0.375. The van der Waals surface area contributed by atoms with Crippen LogP contribution >= 0.6 is 11.3 Å². The molecule has 0 spiro atoms. The maximum atomic E-state index is 12.5. The molecule has 24 heavy (non-hydrogen) atoms. The Kier molecular flexibility index (Phi) is 5.12. The summed E-state index contributed by atoms with van der Waals surface area (Å²) in [6.07, 6.45) is 0. The molecule has 0 aliphatic rings. The van der Waals surface area contributed by atoms with Crippen LogP contribution in [-0.2, 0) is 10.0 Å². The predicted octanol–water partition coefficient (Wildman–Crippen LogP) is 2.88. The molecular weight excluding hydrogens is 346 g/mol. The Morgan fingerprint density at radius 2 is 1.79 bits per heavy atom. The van der Waals surface area contributed by atoms with Gasteiger partial charge in [0.25, 0.3) is 5.91 Å². The number of nitrogens with zero attached hydrogens (tertiary/aromatic N) is 2. The number of sulfonamides is 1. The van der Waals surface area contributed by atoms with Gasteiger partial charge in [0.2, 0.25) is 10.0 Å². The summed E-state index contributed by atoms with van der Waals surface area (Å²) in [7, 11) is -0.681. The number of amides is 1. The van der Waals surface area contributed by atoms with Crippen LogP contribution in [0, 0.1) is 27.7 Å². The minimum atomic E-state index is -3.62. The maximum Gasteiger partial charge on any atom is 0.257 e. The van der Waals surface area contributed by atoms with Crippen LogP contribution in [0.3, 0.4) is 0 Å². The van der Waals surface area contributed by atoms with Crippen molar-refractivity contribution in [3.8, 4) is 0 Å². The third-order valence-electron chi connectivity index (χ3n) is 3.89. The zero-order valence-electron chi connectivity index (χ0n) is 14.6. The monoisotopic (exact) mass is 367 g/mol. The Bertz CT molecular complexity index is 880. The lowest BCUT2D eigenvalue weighted by Crippen LogP contribution is -2.24. The highest BCUT2D eigenvalue weighted by Crippen LogP contribution is 2.25. The molecule has 0 unspecified atom stereocenters. The van der Waals surface area contributed by atoms with Crippen LogP contribution in [-0.4, -0.2) is 37.7 Å². The number of benzene rings is 1. The molecule has 130 valence electrons. The van der Waals surface area contributed by atoms with Gasteiger partial charge in [0.1, 0.15) is 0 Å². The van der Waals surface area contributed by atoms with Crippen LogP contribution in [0.1, 0.15) is 32.1 Å². The van der Waals surface area contributed by atoms with Crippen molar-refractivity contribution in [3.63, 3.8) is 0 Å². The molecule has 6 nitrogen and oxygen atoms in total. The zero-order chi connectivity index (χ0) is 18.2. The molecule has 8 heteroatoms. The quantitative estimate of drug-likeness (QED) is 0.901. The lowest BCUT2D eigenvalue weighted by molar-refractivity contribution is 0.102. The van der Waals surface area contributed by atoms with Crippen LogP contribution in [0.25, 0.3) is 0 Å². The van der Waals surface area contributed by atoms with Crippen molar-refractivity contribution in [2.45, 2.75) is 32.6 Å². The van der Waals surface area contributed by atoms with Crippen LogP contribution in [0.15, 0.2) is 17.0 Å². The van der Waals surface area contributed by atoms with Gasteiger partial charge in [-0.2, -0.15) is 0 Å². The van der Waals surface area contributed by atoms with Gasteiger partial charge < -0.3 is 0 Å². The van der Waals surface area contributed by atoms with E-state index in [-0.39, 0.29) is 10.8 Å². The van der Waals surface area contributed by atoms with Gasteiger partial charge in [-0.15, -0.1) is 11.3 Å². The topological polar surface area (TPSA) is 79.4 Å². The number of thiazole rings is 1. The van der Waals surface area contributed by atoms with Crippen LogP contribution in [0.2, 0.25) is 0 Å². The van der Waals surface area contributed by atoms with Gasteiger partial charge in [0.05, 0.1) is 10.6 Å². The molecule has 0 radical (unpaired) electrons. The van der Waals surface area contributed by atoms with E-state index in [9.17, 15) is 13.2 Å². The van der Waals surface area contributed by atoms with Crippen LogP contribution < -0.4 is 5.32 Å². The van der Waals surface area contributed by atoms with E-state index in [1.165, 1.54) is 31.5 Å². The van der Waals surface area contributed by atoms with Gasteiger partial charge in [-0.25, -0.2) is 17.7 Å². The summed E-state index contributed by atoms with van der Waals surface area (Å²) in [5.41, 5.74) is 2.55. The zero-order valence-corrected chi connectivity index (χ0v) is 16.2. The van der Waals surface area contributed by atoms with Crippen molar-refractivity contribution >= 4 is 32.4 Å². The molecule has 1 N–H and O–H groups in total. The van der Waals surface area contributed by atoms with Crippen LogP contribution in [0.4, 0.5) is 5.13 Å². The molecule has 1 amide bonds. The van der Waals surface area contributed by atoms with Crippen molar-refractivity contribution in [2.24, 2.45) is 0 Å². The summed E-state index contributed by atoms with van der Waals surface area (Å²) < 4.78 is 26.1. The van der Waals surface area contributed by atoms with E-state index >= 15 is 0 Å². The molecule has 0 saturated heterocycles. The van der Waals surface area contributed by atoms with Crippen molar-refractivity contribution in [1.29, 1.82) is 0 Å². The van der Waals surface area contributed by atoms with Gasteiger partial charge in [-0.1, -0.05) is 0 Å². The Labute approximate surface area is 146 Å². The number of rotatable bonds is 4. The average molecular weight is 367 g/mol. The molecule has 0 aliphatic carbocycles. The first-order chi connectivity index (χ1) is 11.0. The number of aromatic nitrogens is 1. The highest BCUT2D eigenvalue weighted by Gasteiger charge is 2.23. The highest BCUT2D eigenvalue weighted by molar-refractivity contribution is 7.89. The van der Waals surface area contributed by atoms with E-state index in [0.29, 0.717) is 16.3 Å². The molecule has 1 aromatic heterocycles. The third-order valence-corrected chi connectivity index (χ3v) is 6.82. The number of anilines is 1. The first-order valence-corrected chi connectivity index (χ1v) is 9.59. The molecule has 0 aliphatic heterocycles. The summed E-state index contributed by atoms with van der Waals surface area (Å²) in [6, 6.07) is 3.10. The Balaban J connectivity index is 2.44.